The van der Waals surface area contributed by atoms with Crippen molar-refractivity contribution in [1.29, 1.82) is 0 Å². The van der Waals surface area contributed by atoms with Gasteiger partial charge in [-0.25, -0.2) is 0 Å². The predicted octanol–water partition coefficient (Wildman–Crippen LogP) is 3.41. The molecule has 0 saturated carbocycles. The summed E-state index contributed by atoms with van der Waals surface area (Å²) >= 11 is 0. The third-order valence-corrected chi connectivity index (χ3v) is 3.60. The highest BCUT2D eigenvalue weighted by Crippen LogP contribution is 2.43. The Bertz CT molecular complexity index is 592. The summed E-state index contributed by atoms with van der Waals surface area (Å²) in [6.45, 7) is 2.10. The van der Waals surface area contributed by atoms with Gasteiger partial charge in [0.1, 0.15) is 23.4 Å². The second-order valence-corrected chi connectivity index (χ2v) is 5.07. The number of benzene rings is 2. The Kier molecular flexibility index (Phi) is 2.82. The summed E-state index contributed by atoms with van der Waals surface area (Å²) in [6.07, 6.45) is 0.691. The van der Waals surface area contributed by atoms with Gasteiger partial charge in [-0.05, 0) is 12.0 Å². The molecular weight excluding hydrogens is 240 g/mol. The lowest BCUT2D eigenvalue weighted by molar-refractivity contribution is 0.121. The second-order valence-electron chi connectivity index (χ2n) is 5.07. The molecule has 0 aliphatic carbocycles. The molecule has 2 aromatic carbocycles. The van der Waals surface area contributed by atoms with Gasteiger partial charge in [-0.15, -0.1) is 0 Å². The topological polar surface area (TPSA) is 49.7 Å². The lowest BCUT2D eigenvalue weighted by atomic mass is 9.88. The van der Waals surface area contributed by atoms with Crippen LogP contribution >= 0.6 is 0 Å². The highest BCUT2D eigenvalue weighted by Gasteiger charge is 2.30. The van der Waals surface area contributed by atoms with Crippen molar-refractivity contribution in [2.24, 2.45) is 5.92 Å². The summed E-state index contributed by atoms with van der Waals surface area (Å²) in [7, 11) is 0. The summed E-state index contributed by atoms with van der Waals surface area (Å²) in [5.41, 5.74) is 1.89. The number of hydrogen-bond donors (Lipinski definition) is 2. The van der Waals surface area contributed by atoms with Crippen LogP contribution in [0.5, 0.6) is 17.2 Å². The van der Waals surface area contributed by atoms with Crippen molar-refractivity contribution in [2.75, 3.05) is 0 Å². The molecule has 3 nitrogen and oxygen atoms in total. The van der Waals surface area contributed by atoms with Gasteiger partial charge in [-0.2, -0.15) is 0 Å². The average Bonchev–Trinajstić information content (AvgIpc) is 2.40. The van der Waals surface area contributed by atoms with Crippen molar-refractivity contribution in [2.45, 2.75) is 19.4 Å². The van der Waals surface area contributed by atoms with E-state index in [0.717, 1.165) is 17.5 Å². The zero-order valence-corrected chi connectivity index (χ0v) is 10.7. The highest BCUT2D eigenvalue weighted by molar-refractivity contribution is 5.51. The third-order valence-electron chi connectivity index (χ3n) is 3.60. The number of fused-ring (bicyclic) bond motifs is 1. The standard InChI is InChI=1S/C16H16O3/c1-10-7-13-14(18)8-12(17)9-15(13)19-16(10)11-5-3-2-4-6-11/h2-6,8-10,16-18H,7H2,1H3/t10-,16+/m0/s1. The molecule has 0 aromatic heterocycles. The molecule has 0 fully saturated rings. The van der Waals surface area contributed by atoms with Gasteiger partial charge in [0.05, 0.1) is 0 Å². The van der Waals surface area contributed by atoms with Crippen molar-refractivity contribution >= 4 is 0 Å². The Morgan fingerprint density at radius 2 is 1.84 bits per heavy atom. The van der Waals surface area contributed by atoms with E-state index in [1.807, 2.05) is 30.3 Å². The van der Waals surface area contributed by atoms with Crippen LogP contribution in [-0.2, 0) is 6.42 Å². The van der Waals surface area contributed by atoms with Crippen molar-refractivity contribution in [3.63, 3.8) is 0 Å². The van der Waals surface area contributed by atoms with Crippen LogP contribution in [0.15, 0.2) is 42.5 Å². The van der Waals surface area contributed by atoms with Crippen LogP contribution in [0.3, 0.4) is 0 Å². The van der Waals surface area contributed by atoms with E-state index in [-0.39, 0.29) is 23.5 Å². The number of phenols is 2. The first-order chi connectivity index (χ1) is 9.15. The Balaban J connectivity index is 2.00. The van der Waals surface area contributed by atoms with Gasteiger partial charge in [0.25, 0.3) is 0 Å². The largest absolute Gasteiger partial charge is 0.508 e. The van der Waals surface area contributed by atoms with Gasteiger partial charge in [-0.3, -0.25) is 0 Å². The minimum absolute atomic E-state index is 0.0256. The molecule has 19 heavy (non-hydrogen) atoms. The van der Waals surface area contributed by atoms with Crippen LogP contribution in [0, 0.1) is 5.92 Å². The maximum absolute atomic E-state index is 9.87. The van der Waals surface area contributed by atoms with Crippen LogP contribution in [0.1, 0.15) is 24.2 Å². The van der Waals surface area contributed by atoms with E-state index in [1.165, 1.54) is 6.07 Å². The number of ether oxygens (including phenoxy) is 1. The van der Waals surface area contributed by atoms with E-state index in [0.29, 0.717) is 5.75 Å². The van der Waals surface area contributed by atoms with Gasteiger partial charge in [0.2, 0.25) is 0 Å². The smallest absolute Gasteiger partial charge is 0.130 e. The molecule has 3 rings (SSSR count). The predicted molar refractivity (Wildman–Crippen MR) is 72.5 cm³/mol. The first kappa shape index (κ1) is 11.9. The first-order valence-corrected chi connectivity index (χ1v) is 6.41. The van der Waals surface area contributed by atoms with Crippen LogP contribution in [0.4, 0.5) is 0 Å². The monoisotopic (exact) mass is 256 g/mol. The minimum atomic E-state index is -0.0464. The van der Waals surface area contributed by atoms with E-state index < -0.39 is 0 Å². The van der Waals surface area contributed by atoms with E-state index in [2.05, 4.69) is 6.92 Å². The Morgan fingerprint density at radius 3 is 2.58 bits per heavy atom. The third kappa shape index (κ3) is 2.12. The van der Waals surface area contributed by atoms with Crippen molar-refractivity contribution in [3.8, 4) is 17.2 Å². The fraction of sp³-hybridized carbons (Fsp3) is 0.250. The lowest BCUT2D eigenvalue weighted by Gasteiger charge is -2.32. The Morgan fingerprint density at radius 1 is 1.11 bits per heavy atom. The zero-order chi connectivity index (χ0) is 13.4. The summed E-state index contributed by atoms with van der Waals surface area (Å²) in [5.74, 6) is 0.973. The van der Waals surface area contributed by atoms with Crippen molar-refractivity contribution in [3.05, 3.63) is 53.6 Å². The molecule has 0 amide bonds. The summed E-state index contributed by atoms with van der Waals surface area (Å²) in [4.78, 5) is 0. The van der Waals surface area contributed by atoms with Crippen LogP contribution in [0.25, 0.3) is 0 Å². The molecule has 0 bridgehead atoms. The molecular formula is C16H16O3. The molecule has 0 spiro atoms. The van der Waals surface area contributed by atoms with E-state index in [1.54, 1.807) is 6.07 Å². The van der Waals surface area contributed by atoms with Gasteiger partial charge >= 0.3 is 0 Å². The molecule has 3 heteroatoms. The second kappa shape index (κ2) is 4.50. The molecule has 1 aliphatic heterocycles. The van der Waals surface area contributed by atoms with Crippen LogP contribution < -0.4 is 4.74 Å². The quantitative estimate of drug-likeness (QED) is 0.822. The van der Waals surface area contributed by atoms with Gasteiger partial charge in [0.15, 0.2) is 0 Å². The molecule has 98 valence electrons. The van der Waals surface area contributed by atoms with Crippen LogP contribution in [-0.4, -0.2) is 10.2 Å². The number of hydrogen-bond acceptors (Lipinski definition) is 3. The fourth-order valence-electron chi connectivity index (χ4n) is 2.65. The SMILES string of the molecule is C[C@H]1Cc2c(O)cc(O)cc2O[C@H]1c1ccccc1. The Labute approximate surface area is 112 Å². The van der Waals surface area contributed by atoms with Crippen molar-refractivity contribution in [1.82, 2.24) is 0 Å². The van der Waals surface area contributed by atoms with Crippen LogP contribution in [0.2, 0.25) is 0 Å². The number of rotatable bonds is 1. The number of aromatic hydroxyl groups is 2. The highest BCUT2D eigenvalue weighted by atomic mass is 16.5. The molecule has 2 atom stereocenters. The molecule has 2 N–H and O–H groups in total. The zero-order valence-electron chi connectivity index (χ0n) is 10.7. The van der Waals surface area contributed by atoms with E-state index in [4.69, 9.17) is 4.74 Å². The van der Waals surface area contributed by atoms with Gasteiger partial charge < -0.3 is 14.9 Å². The normalized spacial score (nSPS) is 21.5. The molecule has 1 heterocycles. The van der Waals surface area contributed by atoms with E-state index >= 15 is 0 Å². The minimum Gasteiger partial charge on any atom is -0.508 e. The summed E-state index contributed by atoms with van der Waals surface area (Å²) < 4.78 is 5.97. The average molecular weight is 256 g/mol. The fourth-order valence-corrected chi connectivity index (χ4v) is 2.65. The Hall–Kier alpha value is -2.16. The molecule has 0 unspecified atom stereocenters. The first-order valence-electron chi connectivity index (χ1n) is 6.41. The lowest BCUT2D eigenvalue weighted by Crippen LogP contribution is -2.23. The summed E-state index contributed by atoms with van der Waals surface area (Å²) in [5, 5.41) is 19.4. The molecule has 1 aliphatic rings. The van der Waals surface area contributed by atoms with Gasteiger partial charge in [-0.1, -0.05) is 37.3 Å². The van der Waals surface area contributed by atoms with E-state index in [9.17, 15) is 10.2 Å². The maximum atomic E-state index is 9.87. The molecule has 0 radical (unpaired) electrons. The molecule has 0 saturated heterocycles. The summed E-state index contributed by atoms with van der Waals surface area (Å²) in [6, 6.07) is 12.9. The number of phenolic OH excluding ortho intramolecular Hbond substituents is 2. The van der Waals surface area contributed by atoms with Gasteiger partial charge in [0, 0.05) is 23.6 Å². The molecule has 2 aromatic rings. The maximum Gasteiger partial charge on any atom is 0.130 e. The van der Waals surface area contributed by atoms with Crippen molar-refractivity contribution < 1.29 is 14.9 Å².